The van der Waals surface area contributed by atoms with Crippen LogP contribution in [0.3, 0.4) is 0 Å². The van der Waals surface area contributed by atoms with E-state index in [0.29, 0.717) is 49.9 Å². The fraction of sp³-hybridized carbons (Fsp3) is 0.200. The highest BCUT2D eigenvalue weighted by molar-refractivity contribution is 9.10. The van der Waals surface area contributed by atoms with Crippen molar-refractivity contribution in [3.8, 4) is 23.0 Å². The molecule has 0 bridgehead atoms. The number of benzene rings is 2. The molecule has 152 valence electrons. The Hall–Kier alpha value is -2.23. The first kappa shape index (κ1) is 21.5. The van der Waals surface area contributed by atoms with Gasteiger partial charge in [-0.1, -0.05) is 36.1 Å². The van der Waals surface area contributed by atoms with Gasteiger partial charge in [-0.25, -0.2) is 0 Å². The number of nitrogens with one attached hydrogen (secondary N) is 1. The molecule has 0 atom stereocenters. The van der Waals surface area contributed by atoms with Crippen LogP contribution in [0.1, 0.15) is 5.56 Å². The van der Waals surface area contributed by atoms with Crippen molar-refractivity contribution in [2.24, 2.45) is 0 Å². The molecule has 1 saturated heterocycles. The standard InChI is InChI=1S/C20H18BrNO5S2/c1-24-14-5-3-4-6-15(14)26-7-8-27-18-13(21)9-12(10-16(18)25-2)11-17-19(23)22-20(28)29-17/h3-6,9-11H,7-8H2,1-2H3,(H,22,23,28)/b17-11-. The van der Waals surface area contributed by atoms with E-state index < -0.39 is 0 Å². The number of hydrogen-bond acceptors (Lipinski definition) is 7. The van der Waals surface area contributed by atoms with Gasteiger partial charge in [-0.3, -0.25) is 4.79 Å². The van der Waals surface area contributed by atoms with Crippen molar-refractivity contribution in [1.29, 1.82) is 0 Å². The second kappa shape index (κ2) is 10.00. The summed E-state index contributed by atoms with van der Waals surface area (Å²) in [5.74, 6) is 2.20. The Bertz CT molecular complexity index is 964. The summed E-state index contributed by atoms with van der Waals surface area (Å²) in [6.45, 7) is 0.635. The molecule has 0 saturated carbocycles. The lowest BCUT2D eigenvalue weighted by molar-refractivity contribution is -0.115. The number of carbonyl (C=O) groups excluding carboxylic acids is 1. The molecule has 1 N–H and O–H groups in total. The molecular formula is C20H18BrNO5S2. The number of thiocarbonyl (C=S) groups is 1. The van der Waals surface area contributed by atoms with E-state index >= 15 is 0 Å². The van der Waals surface area contributed by atoms with Gasteiger partial charge < -0.3 is 24.3 Å². The second-order valence-electron chi connectivity index (χ2n) is 5.73. The van der Waals surface area contributed by atoms with E-state index in [0.717, 1.165) is 5.56 Å². The van der Waals surface area contributed by atoms with E-state index in [1.54, 1.807) is 26.4 Å². The minimum atomic E-state index is -0.205. The Morgan fingerprint density at radius 2 is 1.76 bits per heavy atom. The molecule has 3 rings (SSSR count). The fourth-order valence-electron chi connectivity index (χ4n) is 2.57. The summed E-state index contributed by atoms with van der Waals surface area (Å²) in [6.07, 6.45) is 1.75. The molecule has 1 aliphatic heterocycles. The third-order valence-corrected chi connectivity index (χ3v) is 5.60. The number of carbonyl (C=O) groups is 1. The van der Waals surface area contributed by atoms with Crippen LogP contribution in [-0.2, 0) is 4.79 Å². The van der Waals surface area contributed by atoms with Crippen molar-refractivity contribution in [1.82, 2.24) is 5.32 Å². The largest absolute Gasteiger partial charge is 0.493 e. The predicted molar refractivity (Wildman–Crippen MR) is 121 cm³/mol. The summed E-state index contributed by atoms with van der Waals surface area (Å²) in [6, 6.07) is 11.1. The van der Waals surface area contributed by atoms with E-state index in [9.17, 15) is 4.79 Å². The highest BCUT2D eigenvalue weighted by Crippen LogP contribution is 2.38. The van der Waals surface area contributed by atoms with Crippen LogP contribution in [0.4, 0.5) is 0 Å². The van der Waals surface area contributed by atoms with Gasteiger partial charge in [0.25, 0.3) is 5.91 Å². The molecule has 0 aliphatic carbocycles. The van der Waals surface area contributed by atoms with E-state index in [1.807, 2.05) is 30.3 Å². The molecular weight excluding hydrogens is 478 g/mol. The zero-order valence-corrected chi connectivity index (χ0v) is 18.9. The maximum absolute atomic E-state index is 11.9. The Morgan fingerprint density at radius 1 is 1.07 bits per heavy atom. The zero-order chi connectivity index (χ0) is 20.8. The van der Waals surface area contributed by atoms with Gasteiger partial charge >= 0.3 is 0 Å². The van der Waals surface area contributed by atoms with Crippen molar-refractivity contribution in [3.63, 3.8) is 0 Å². The average Bonchev–Trinajstić information content (AvgIpc) is 3.03. The molecule has 0 radical (unpaired) electrons. The highest BCUT2D eigenvalue weighted by atomic mass is 79.9. The van der Waals surface area contributed by atoms with Gasteiger partial charge in [-0.05, 0) is 51.8 Å². The van der Waals surface area contributed by atoms with E-state index in [4.69, 9.17) is 31.2 Å². The van der Waals surface area contributed by atoms with Crippen LogP contribution in [0, 0.1) is 0 Å². The van der Waals surface area contributed by atoms with Gasteiger partial charge in [0, 0.05) is 0 Å². The molecule has 1 fully saturated rings. The summed E-state index contributed by atoms with van der Waals surface area (Å²) < 4.78 is 23.4. The molecule has 2 aromatic rings. The smallest absolute Gasteiger partial charge is 0.263 e. The normalized spacial score (nSPS) is 14.7. The molecule has 0 unspecified atom stereocenters. The average molecular weight is 496 g/mol. The third kappa shape index (κ3) is 5.43. The van der Waals surface area contributed by atoms with Crippen molar-refractivity contribution in [3.05, 3.63) is 51.3 Å². The second-order valence-corrected chi connectivity index (χ2v) is 8.31. The first-order valence-electron chi connectivity index (χ1n) is 8.53. The number of thioether (sulfide) groups is 1. The number of para-hydroxylation sites is 2. The lowest BCUT2D eigenvalue weighted by Gasteiger charge is -2.15. The summed E-state index contributed by atoms with van der Waals surface area (Å²) in [5, 5.41) is 2.59. The van der Waals surface area contributed by atoms with Gasteiger partial charge in [0.2, 0.25) is 0 Å². The monoisotopic (exact) mass is 495 g/mol. The van der Waals surface area contributed by atoms with Gasteiger partial charge in [0.05, 0.1) is 23.6 Å². The molecule has 1 amide bonds. The molecule has 29 heavy (non-hydrogen) atoms. The van der Waals surface area contributed by atoms with Crippen LogP contribution < -0.4 is 24.3 Å². The van der Waals surface area contributed by atoms with Crippen LogP contribution in [0.25, 0.3) is 6.08 Å². The van der Waals surface area contributed by atoms with Crippen molar-refractivity contribution < 1.29 is 23.7 Å². The van der Waals surface area contributed by atoms with Crippen molar-refractivity contribution in [2.45, 2.75) is 0 Å². The van der Waals surface area contributed by atoms with Crippen LogP contribution in [0.2, 0.25) is 0 Å². The Morgan fingerprint density at radius 3 is 2.41 bits per heavy atom. The number of hydrogen-bond donors (Lipinski definition) is 1. The molecule has 9 heteroatoms. The van der Waals surface area contributed by atoms with Crippen LogP contribution in [-0.4, -0.2) is 37.7 Å². The van der Waals surface area contributed by atoms with Gasteiger partial charge in [0.15, 0.2) is 23.0 Å². The Labute approximate surface area is 186 Å². The number of halogens is 1. The summed E-state index contributed by atoms with van der Waals surface area (Å²) in [4.78, 5) is 12.4. The maximum atomic E-state index is 11.9. The number of rotatable bonds is 8. The minimum absolute atomic E-state index is 0.205. The van der Waals surface area contributed by atoms with Crippen LogP contribution in [0.5, 0.6) is 23.0 Å². The predicted octanol–water partition coefficient (Wildman–Crippen LogP) is 4.41. The zero-order valence-electron chi connectivity index (χ0n) is 15.7. The minimum Gasteiger partial charge on any atom is -0.493 e. The maximum Gasteiger partial charge on any atom is 0.263 e. The summed E-state index contributed by atoms with van der Waals surface area (Å²) >= 11 is 9.75. The first-order valence-corrected chi connectivity index (χ1v) is 10.5. The molecule has 6 nitrogen and oxygen atoms in total. The summed E-state index contributed by atoms with van der Waals surface area (Å²) in [5.41, 5.74) is 0.786. The van der Waals surface area contributed by atoms with Crippen molar-refractivity contribution >= 4 is 56.2 Å². The molecule has 1 aliphatic rings. The quantitative estimate of drug-likeness (QED) is 0.330. The SMILES string of the molecule is COc1ccccc1OCCOc1c(Br)cc(/C=C2\SC(=S)NC2=O)cc1OC. The first-order chi connectivity index (χ1) is 14.0. The molecule has 0 aromatic heterocycles. The molecule has 0 spiro atoms. The van der Waals surface area contributed by atoms with E-state index in [1.165, 1.54) is 11.8 Å². The lowest BCUT2D eigenvalue weighted by Crippen LogP contribution is -2.17. The Balaban J connectivity index is 1.67. The number of amides is 1. The van der Waals surface area contributed by atoms with Crippen LogP contribution in [0.15, 0.2) is 45.8 Å². The molecule has 1 heterocycles. The van der Waals surface area contributed by atoms with Gasteiger partial charge in [0.1, 0.15) is 17.5 Å². The fourth-order valence-corrected chi connectivity index (χ4v) is 4.19. The third-order valence-electron chi connectivity index (χ3n) is 3.85. The topological polar surface area (TPSA) is 66.0 Å². The Kier molecular flexibility index (Phi) is 7.40. The van der Waals surface area contributed by atoms with E-state index in [2.05, 4.69) is 21.2 Å². The van der Waals surface area contributed by atoms with Gasteiger partial charge in [-0.15, -0.1) is 0 Å². The van der Waals surface area contributed by atoms with E-state index in [-0.39, 0.29) is 5.91 Å². The van der Waals surface area contributed by atoms with Crippen molar-refractivity contribution in [2.75, 3.05) is 27.4 Å². The number of ether oxygens (including phenoxy) is 4. The highest BCUT2D eigenvalue weighted by Gasteiger charge is 2.22. The number of methoxy groups -OCH3 is 2. The van der Waals surface area contributed by atoms with Crippen LogP contribution >= 0.6 is 39.9 Å². The summed E-state index contributed by atoms with van der Waals surface area (Å²) in [7, 11) is 3.15. The lowest BCUT2D eigenvalue weighted by atomic mass is 10.2. The molecule has 2 aromatic carbocycles. The van der Waals surface area contributed by atoms with Gasteiger partial charge in [-0.2, -0.15) is 0 Å².